The molecule has 2 spiro atoms. The Balaban J connectivity index is 1.48. The molecule has 170 valence electrons. The summed E-state index contributed by atoms with van der Waals surface area (Å²) in [5, 5.41) is 16.9. The number of fused-ring (bicyclic) bond motifs is 5. The van der Waals surface area contributed by atoms with Crippen molar-refractivity contribution >= 4 is 34.9 Å². The first-order valence-corrected chi connectivity index (χ1v) is 11.8. The molecule has 1 aliphatic carbocycles. The molecule has 1 unspecified atom stereocenters. The molecular weight excluding hydrogens is 418 g/mol. The lowest BCUT2D eigenvalue weighted by Gasteiger charge is -2.62. The minimum Gasteiger partial charge on any atom is -0.618 e. The van der Waals surface area contributed by atoms with Crippen molar-refractivity contribution in [3.05, 3.63) is 40.6 Å². The number of carbonyl (C=O) groups is 2. The number of ether oxygens (including phenoxy) is 1. The molecule has 6 heterocycles. The lowest BCUT2D eigenvalue weighted by atomic mass is 9.51. The first-order chi connectivity index (χ1) is 15.5. The van der Waals surface area contributed by atoms with E-state index in [1.807, 2.05) is 63.0 Å². The number of rotatable bonds is 0. The van der Waals surface area contributed by atoms with Gasteiger partial charge in [-0.15, -0.1) is 0 Å². The predicted molar refractivity (Wildman–Crippen MR) is 123 cm³/mol. The first kappa shape index (κ1) is 19.4. The van der Waals surface area contributed by atoms with E-state index < -0.39 is 22.1 Å². The Morgan fingerprint density at radius 3 is 2.79 bits per heavy atom. The topological polar surface area (TPSA) is 84.7 Å². The molecule has 8 rings (SSSR count). The van der Waals surface area contributed by atoms with Crippen LogP contribution in [0, 0.1) is 16.5 Å². The number of hydrogen-bond donors (Lipinski definition) is 1. The van der Waals surface area contributed by atoms with Crippen LogP contribution in [0.25, 0.3) is 11.6 Å². The zero-order valence-corrected chi connectivity index (χ0v) is 19.3. The molecule has 7 nitrogen and oxygen atoms in total. The SMILES string of the molecule is CC1(C)C=Cc2cc3c(cc2O1)[N+]([O-])=C1C3=C[C@@]23NC(=O)[C@]4(CCCN4C2=O)CC3C1(C)C. The van der Waals surface area contributed by atoms with E-state index in [4.69, 9.17) is 4.74 Å². The maximum Gasteiger partial charge on any atom is 0.253 e. The Labute approximate surface area is 192 Å². The highest BCUT2D eigenvalue weighted by atomic mass is 16.5. The quantitative estimate of drug-likeness (QED) is 0.491. The predicted octanol–water partition coefficient (Wildman–Crippen LogP) is 3.14. The fourth-order valence-electron chi connectivity index (χ4n) is 7.36. The zero-order valence-electron chi connectivity index (χ0n) is 19.3. The number of benzene rings is 1. The van der Waals surface area contributed by atoms with E-state index in [2.05, 4.69) is 5.32 Å². The number of nitrogens with zero attached hydrogens (tertiary/aromatic N) is 2. The van der Waals surface area contributed by atoms with Crippen LogP contribution in [0.4, 0.5) is 5.69 Å². The number of allylic oxidation sites excluding steroid dienone is 1. The standard InChI is InChI=1S/C26H27N3O4/c1-23(2)8-6-14-10-15-16-12-26-19(13-25(21(30)27-26)7-5-9-28(25)22(26)31)24(3,4)20(16)29(32)17(15)11-18(14)33-23/h6,8,10-12,19H,5,7,9,13H2,1-4H3,(H,27,30)/t19?,25-,26-/m0/s1. The van der Waals surface area contributed by atoms with Gasteiger partial charge in [0.1, 0.15) is 22.4 Å². The van der Waals surface area contributed by atoms with Crippen molar-refractivity contribution in [1.29, 1.82) is 0 Å². The van der Waals surface area contributed by atoms with Gasteiger partial charge < -0.3 is 20.2 Å². The van der Waals surface area contributed by atoms with Crippen LogP contribution in [0.1, 0.15) is 58.1 Å². The minimum atomic E-state index is -1.11. The first-order valence-electron chi connectivity index (χ1n) is 11.8. The highest BCUT2D eigenvalue weighted by Crippen LogP contribution is 2.60. The van der Waals surface area contributed by atoms with Crippen molar-refractivity contribution in [3.63, 3.8) is 0 Å². The Hall–Kier alpha value is -3.09. The van der Waals surface area contributed by atoms with Crippen LogP contribution in [-0.4, -0.2) is 50.4 Å². The van der Waals surface area contributed by atoms with Crippen LogP contribution in [0.5, 0.6) is 5.75 Å². The second-order valence-corrected chi connectivity index (χ2v) is 11.5. The summed E-state index contributed by atoms with van der Waals surface area (Å²) >= 11 is 0. The van der Waals surface area contributed by atoms with E-state index in [1.165, 1.54) is 0 Å². The number of amides is 2. The molecule has 3 atom stereocenters. The van der Waals surface area contributed by atoms with Gasteiger partial charge in [-0.05, 0) is 65.2 Å². The van der Waals surface area contributed by atoms with Crippen molar-refractivity contribution in [1.82, 2.24) is 10.2 Å². The van der Waals surface area contributed by atoms with Crippen molar-refractivity contribution in [2.45, 2.75) is 63.6 Å². The molecule has 7 heteroatoms. The molecule has 1 aromatic carbocycles. The van der Waals surface area contributed by atoms with Gasteiger partial charge >= 0.3 is 0 Å². The third kappa shape index (κ3) is 2.02. The molecule has 6 aliphatic heterocycles. The van der Waals surface area contributed by atoms with E-state index in [0.29, 0.717) is 36.5 Å². The van der Waals surface area contributed by atoms with Crippen molar-refractivity contribution in [3.8, 4) is 5.75 Å². The van der Waals surface area contributed by atoms with Crippen molar-refractivity contribution in [2.24, 2.45) is 11.3 Å². The highest BCUT2D eigenvalue weighted by Gasteiger charge is 2.73. The smallest absolute Gasteiger partial charge is 0.253 e. The molecule has 0 aromatic heterocycles. The lowest BCUT2D eigenvalue weighted by molar-refractivity contribution is -0.362. The van der Waals surface area contributed by atoms with E-state index in [-0.39, 0.29) is 17.7 Å². The molecule has 2 bridgehead atoms. The Bertz CT molecular complexity index is 1300. The van der Waals surface area contributed by atoms with Gasteiger partial charge in [0.2, 0.25) is 17.3 Å². The van der Waals surface area contributed by atoms with Crippen LogP contribution in [0.3, 0.4) is 0 Å². The van der Waals surface area contributed by atoms with Crippen molar-refractivity contribution in [2.75, 3.05) is 6.54 Å². The summed E-state index contributed by atoms with van der Waals surface area (Å²) in [5.41, 5.74) is 0.733. The Morgan fingerprint density at radius 1 is 1.21 bits per heavy atom. The van der Waals surface area contributed by atoms with E-state index in [9.17, 15) is 14.8 Å². The van der Waals surface area contributed by atoms with Gasteiger partial charge in [-0.1, -0.05) is 6.08 Å². The average molecular weight is 446 g/mol. The highest BCUT2D eigenvalue weighted by molar-refractivity contribution is 6.30. The Morgan fingerprint density at radius 2 is 2.00 bits per heavy atom. The van der Waals surface area contributed by atoms with E-state index >= 15 is 0 Å². The number of hydrogen-bond acceptors (Lipinski definition) is 4. The molecule has 0 radical (unpaired) electrons. The maximum atomic E-state index is 13.9. The number of nitrogens with one attached hydrogen (secondary N) is 1. The fourth-order valence-corrected chi connectivity index (χ4v) is 7.36. The number of carbonyl (C=O) groups excluding carboxylic acids is 2. The molecule has 4 fully saturated rings. The molecular formula is C26H27N3O4. The third-order valence-electron chi connectivity index (χ3n) is 8.91. The largest absolute Gasteiger partial charge is 0.618 e. The summed E-state index contributed by atoms with van der Waals surface area (Å²) in [4.78, 5) is 29.0. The summed E-state index contributed by atoms with van der Waals surface area (Å²) in [6.45, 7) is 8.68. The summed E-state index contributed by atoms with van der Waals surface area (Å²) in [6.07, 6.45) is 8.02. The third-order valence-corrected chi connectivity index (χ3v) is 8.91. The molecule has 1 N–H and O–H groups in total. The second-order valence-electron chi connectivity index (χ2n) is 11.5. The van der Waals surface area contributed by atoms with Crippen LogP contribution < -0.4 is 10.1 Å². The monoisotopic (exact) mass is 445 g/mol. The summed E-state index contributed by atoms with van der Waals surface area (Å²) < 4.78 is 7.15. The summed E-state index contributed by atoms with van der Waals surface area (Å²) in [5.74, 6) is 0.427. The van der Waals surface area contributed by atoms with Crippen molar-refractivity contribution < 1.29 is 19.1 Å². The molecule has 0 saturated carbocycles. The fraction of sp³-hybridized carbons (Fsp3) is 0.500. The number of piperazine rings is 1. The summed E-state index contributed by atoms with van der Waals surface area (Å²) in [6, 6.07) is 3.80. The average Bonchev–Trinajstić information content (AvgIpc) is 3.28. The van der Waals surface area contributed by atoms with Crippen LogP contribution in [0.2, 0.25) is 0 Å². The van der Waals surface area contributed by atoms with E-state index in [1.54, 1.807) is 0 Å². The molecule has 33 heavy (non-hydrogen) atoms. The molecule has 2 amide bonds. The second kappa shape index (κ2) is 5.34. The van der Waals surface area contributed by atoms with E-state index in [0.717, 1.165) is 27.9 Å². The van der Waals surface area contributed by atoms with Gasteiger partial charge in [0, 0.05) is 18.0 Å². The maximum absolute atomic E-state index is 13.9. The lowest BCUT2D eigenvalue weighted by Crippen LogP contribution is -2.83. The summed E-state index contributed by atoms with van der Waals surface area (Å²) in [7, 11) is 0. The zero-order chi connectivity index (χ0) is 23.1. The van der Waals surface area contributed by atoms with Crippen LogP contribution in [0.15, 0.2) is 24.3 Å². The van der Waals surface area contributed by atoms with Gasteiger partial charge in [-0.2, -0.15) is 4.74 Å². The normalized spacial score (nSPS) is 35.8. The Kier molecular flexibility index (Phi) is 3.14. The van der Waals surface area contributed by atoms with Crippen LogP contribution >= 0.6 is 0 Å². The van der Waals surface area contributed by atoms with Gasteiger partial charge in [0.25, 0.3) is 5.91 Å². The van der Waals surface area contributed by atoms with Gasteiger partial charge in [0.15, 0.2) is 0 Å². The van der Waals surface area contributed by atoms with Gasteiger partial charge in [-0.25, -0.2) is 0 Å². The molecule has 4 saturated heterocycles. The van der Waals surface area contributed by atoms with Gasteiger partial charge in [0.05, 0.1) is 22.6 Å². The molecule has 7 aliphatic rings. The van der Waals surface area contributed by atoms with Crippen LogP contribution in [-0.2, 0) is 9.59 Å². The number of piperidine rings is 2. The molecule has 1 aromatic rings. The van der Waals surface area contributed by atoms with Gasteiger partial charge in [-0.3, -0.25) is 9.59 Å². The minimum absolute atomic E-state index is 0.0238.